The topological polar surface area (TPSA) is 83.1 Å². The monoisotopic (exact) mass is 336 g/mol. The van der Waals surface area contributed by atoms with E-state index in [2.05, 4.69) is 11.4 Å². The lowest BCUT2D eigenvalue weighted by atomic mass is 10.1. The number of para-hydroxylation sites is 1. The largest absolute Gasteiger partial charge is 0.422 e. The third-order valence-corrected chi connectivity index (χ3v) is 5.35. The molecule has 5 nitrogen and oxygen atoms in total. The highest BCUT2D eigenvalue weighted by atomic mass is 32.1. The minimum atomic E-state index is -0.686. The lowest BCUT2D eigenvalue weighted by Crippen LogP contribution is -2.20. The summed E-state index contributed by atoms with van der Waals surface area (Å²) in [6.45, 7) is 0. The van der Waals surface area contributed by atoms with Crippen LogP contribution >= 0.6 is 11.3 Å². The maximum absolute atomic E-state index is 12.5. The lowest BCUT2D eigenvalue weighted by Gasteiger charge is -2.04. The Balaban J connectivity index is 1.72. The second-order valence-electron chi connectivity index (χ2n) is 5.61. The summed E-state index contributed by atoms with van der Waals surface area (Å²) in [4.78, 5) is 25.7. The number of fused-ring (bicyclic) bond motifs is 2. The van der Waals surface area contributed by atoms with Crippen LogP contribution in [-0.2, 0) is 12.8 Å². The molecule has 0 radical (unpaired) electrons. The molecule has 24 heavy (non-hydrogen) atoms. The van der Waals surface area contributed by atoms with Crippen LogP contribution in [0.15, 0.2) is 39.5 Å². The molecule has 0 spiro atoms. The second-order valence-corrected chi connectivity index (χ2v) is 6.72. The number of aryl methyl sites for hydroxylation is 1. The molecule has 0 unspecified atom stereocenters. The predicted molar refractivity (Wildman–Crippen MR) is 91.5 cm³/mol. The molecule has 4 rings (SSSR count). The van der Waals surface area contributed by atoms with Gasteiger partial charge in [-0.1, -0.05) is 18.2 Å². The zero-order valence-electron chi connectivity index (χ0n) is 12.6. The molecular weight excluding hydrogens is 324 g/mol. The van der Waals surface area contributed by atoms with Gasteiger partial charge < -0.3 is 9.73 Å². The number of nitrogens with one attached hydrogen (secondary N) is 1. The van der Waals surface area contributed by atoms with Crippen molar-refractivity contribution in [2.75, 3.05) is 5.32 Å². The zero-order chi connectivity index (χ0) is 16.7. The van der Waals surface area contributed by atoms with Gasteiger partial charge in [-0.3, -0.25) is 4.79 Å². The predicted octanol–water partition coefficient (Wildman–Crippen LogP) is 3.47. The number of thiophene rings is 1. The van der Waals surface area contributed by atoms with Crippen LogP contribution in [0.4, 0.5) is 5.00 Å². The highest BCUT2D eigenvalue weighted by Gasteiger charge is 2.24. The molecule has 2 aromatic heterocycles. The first-order chi connectivity index (χ1) is 11.7. The van der Waals surface area contributed by atoms with E-state index in [1.807, 2.05) is 6.07 Å². The molecule has 1 amide bonds. The normalized spacial score (nSPS) is 12.8. The Morgan fingerprint density at radius 3 is 2.96 bits per heavy atom. The first-order valence-electron chi connectivity index (χ1n) is 7.56. The zero-order valence-corrected chi connectivity index (χ0v) is 13.4. The summed E-state index contributed by atoms with van der Waals surface area (Å²) in [7, 11) is 0. The molecule has 0 atom stereocenters. The van der Waals surface area contributed by atoms with Crippen molar-refractivity contribution in [3.05, 3.63) is 62.3 Å². The van der Waals surface area contributed by atoms with Crippen molar-refractivity contribution in [2.45, 2.75) is 19.3 Å². The number of carbonyl (C=O) groups excluding carboxylic acids is 1. The molecule has 2 heterocycles. The number of carbonyl (C=O) groups is 1. The Hall–Kier alpha value is -2.91. The van der Waals surface area contributed by atoms with Gasteiger partial charge in [0.2, 0.25) is 0 Å². The van der Waals surface area contributed by atoms with E-state index in [0.29, 0.717) is 21.5 Å². The number of anilines is 1. The number of rotatable bonds is 2. The molecular formula is C18H12N2O3S. The average Bonchev–Trinajstić information content (AvgIpc) is 3.14. The van der Waals surface area contributed by atoms with Gasteiger partial charge in [-0.05, 0) is 37.0 Å². The maximum atomic E-state index is 12.5. The van der Waals surface area contributed by atoms with Gasteiger partial charge in [0.15, 0.2) is 0 Å². The van der Waals surface area contributed by atoms with Gasteiger partial charge in [-0.15, -0.1) is 11.3 Å². The van der Waals surface area contributed by atoms with Crippen LogP contribution in [0.3, 0.4) is 0 Å². The SMILES string of the molecule is N#Cc1c(NC(=O)c2cc3ccccc3oc2=O)sc2c1CCC2. The molecule has 1 N–H and O–H groups in total. The number of benzene rings is 1. The summed E-state index contributed by atoms with van der Waals surface area (Å²) < 4.78 is 5.19. The van der Waals surface area contributed by atoms with E-state index in [1.54, 1.807) is 18.2 Å². The minimum absolute atomic E-state index is 0.0638. The number of amides is 1. The van der Waals surface area contributed by atoms with Crippen LogP contribution in [-0.4, -0.2) is 5.91 Å². The van der Waals surface area contributed by atoms with Crippen LogP contribution in [0.2, 0.25) is 0 Å². The number of nitriles is 1. The van der Waals surface area contributed by atoms with Crippen molar-refractivity contribution in [1.29, 1.82) is 5.26 Å². The van der Waals surface area contributed by atoms with Gasteiger partial charge in [0.25, 0.3) is 5.91 Å². The Morgan fingerprint density at radius 1 is 1.29 bits per heavy atom. The fourth-order valence-electron chi connectivity index (χ4n) is 3.00. The standard InChI is InChI=1S/C18H12N2O3S/c19-9-13-11-5-3-7-15(11)24-17(13)20-16(21)12-8-10-4-1-2-6-14(10)23-18(12)22/h1-2,4,6,8H,3,5,7H2,(H,20,21). The van der Waals surface area contributed by atoms with Crippen LogP contribution in [0, 0.1) is 11.3 Å². The van der Waals surface area contributed by atoms with Gasteiger partial charge in [-0.25, -0.2) is 4.79 Å². The Kier molecular flexibility index (Phi) is 3.44. The van der Waals surface area contributed by atoms with Crippen molar-refractivity contribution in [3.8, 4) is 6.07 Å². The molecule has 1 aliphatic carbocycles. The maximum Gasteiger partial charge on any atom is 0.349 e. The highest BCUT2D eigenvalue weighted by Crippen LogP contribution is 2.38. The number of hydrogen-bond donors (Lipinski definition) is 1. The second kappa shape index (κ2) is 5.62. The van der Waals surface area contributed by atoms with Gasteiger partial charge in [0.1, 0.15) is 22.2 Å². The van der Waals surface area contributed by atoms with Gasteiger partial charge in [0.05, 0.1) is 5.56 Å². The summed E-state index contributed by atoms with van der Waals surface area (Å²) >= 11 is 1.42. The van der Waals surface area contributed by atoms with Crippen molar-refractivity contribution < 1.29 is 9.21 Å². The van der Waals surface area contributed by atoms with Crippen LogP contribution in [0.5, 0.6) is 0 Å². The van der Waals surface area contributed by atoms with Crippen molar-refractivity contribution >= 4 is 33.2 Å². The van der Waals surface area contributed by atoms with E-state index >= 15 is 0 Å². The van der Waals surface area contributed by atoms with Crippen LogP contribution in [0.25, 0.3) is 11.0 Å². The lowest BCUT2D eigenvalue weighted by molar-refractivity contribution is 0.102. The molecule has 0 saturated carbocycles. The van der Waals surface area contributed by atoms with E-state index in [9.17, 15) is 14.9 Å². The average molecular weight is 336 g/mol. The Morgan fingerprint density at radius 2 is 2.12 bits per heavy atom. The quantitative estimate of drug-likeness (QED) is 0.726. The molecule has 1 aromatic carbocycles. The molecule has 1 aliphatic rings. The molecule has 6 heteroatoms. The van der Waals surface area contributed by atoms with Crippen LogP contribution in [0.1, 0.15) is 32.8 Å². The highest BCUT2D eigenvalue weighted by molar-refractivity contribution is 7.16. The Labute approximate surface area is 141 Å². The minimum Gasteiger partial charge on any atom is -0.422 e. The third kappa shape index (κ3) is 2.30. The molecule has 0 fully saturated rings. The van der Waals surface area contributed by atoms with Crippen molar-refractivity contribution in [2.24, 2.45) is 0 Å². The fourth-order valence-corrected chi connectivity index (χ4v) is 4.24. The van der Waals surface area contributed by atoms with Crippen LogP contribution < -0.4 is 10.9 Å². The van der Waals surface area contributed by atoms with E-state index in [4.69, 9.17) is 4.42 Å². The first kappa shape index (κ1) is 14.7. The molecule has 118 valence electrons. The summed E-state index contributed by atoms with van der Waals surface area (Å²) in [5.41, 5.74) is 1.24. The smallest absolute Gasteiger partial charge is 0.349 e. The van der Waals surface area contributed by atoms with Crippen molar-refractivity contribution in [1.82, 2.24) is 0 Å². The molecule has 0 saturated heterocycles. The summed E-state index contributed by atoms with van der Waals surface area (Å²) in [5, 5.41) is 13.3. The van der Waals surface area contributed by atoms with E-state index in [1.165, 1.54) is 17.4 Å². The summed E-state index contributed by atoms with van der Waals surface area (Å²) in [6.07, 6.45) is 2.84. The van der Waals surface area contributed by atoms with Gasteiger partial charge in [-0.2, -0.15) is 5.26 Å². The van der Waals surface area contributed by atoms with E-state index in [-0.39, 0.29) is 5.56 Å². The molecule has 0 aliphatic heterocycles. The number of hydrogen-bond acceptors (Lipinski definition) is 5. The van der Waals surface area contributed by atoms with Gasteiger partial charge >= 0.3 is 5.63 Å². The summed E-state index contributed by atoms with van der Waals surface area (Å²) in [6, 6.07) is 10.7. The van der Waals surface area contributed by atoms with E-state index < -0.39 is 11.5 Å². The Bertz CT molecular complexity index is 1070. The first-order valence-corrected chi connectivity index (χ1v) is 8.38. The van der Waals surface area contributed by atoms with Gasteiger partial charge in [0, 0.05) is 10.3 Å². The molecule has 0 bridgehead atoms. The van der Waals surface area contributed by atoms with Crippen molar-refractivity contribution in [3.63, 3.8) is 0 Å². The summed E-state index contributed by atoms with van der Waals surface area (Å²) in [5.74, 6) is -0.550. The fraction of sp³-hybridized carbons (Fsp3) is 0.167. The third-order valence-electron chi connectivity index (χ3n) is 4.15. The van der Waals surface area contributed by atoms with E-state index in [0.717, 1.165) is 29.7 Å². The molecule has 3 aromatic rings. The number of nitrogens with zero attached hydrogens (tertiary/aromatic N) is 1.